The number of nitrogens with zero attached hydrogens (tertiary/aromatic N) is 4. The first-order valence-corrected chi connectivity index (χ1v) is 5.75. The van der Waals surface area contributed by atoms with E-state index in [1.807, 2.05) is 42.3 Å². The van der Waals surface area contributed by atoms with E-state index < -0.39 is 0 Å². The molecule has 0 aliphatic carbocycles. The van der Waals surface area contributed by atoms with Crippen molar-refractivity contribution in [2.24, 2.45) is 7.05 Å². The fourth-order valence-corrected chi connectivity index (χ4v) is 2.37. The van der Waals surface area contributed by atoms with Crippen molar-refractivity contribution in [3.05, 3.63) is 43.0 Å². The summed E-state index contributed by atoms with van der Waals surface area (Å²) < 4.78 is 4.04. The Labute approximate surface area is 103 Å². The summed E-state index contributed by atoms with van der Waals surface area (Å²) in [5.41, 5.74) is 4.23. The van der Waals surface area contributed by atoms with Gasteiger partial charge in [-0.1, -0.05) is 0 Å². The van der Waals surface area contributed by atoms with Crippen LogP contribution in [0.1, 0.15) is 0 Å². The highest BCUT2D eigenvalue weighted by atomic mass is 15.3. The molecule has 0 spiro atoms. The molecule has 0 saturated carbocycles. The lowest BCUT2D eigenvalue weighted by atomic mass is 10.3. The Kier molecular flexibility index (Phi) is 1.70. The van der Waals surface area contributed by atoms with Crippen LogP contribution in [0.4, 0.5) is 0 Å². The molecule has 0 fully saturated rings. The number of pyridine rings is 1. The van der Waals surface area contributed by atoms with E-state index in [-0.39, 0.29) is 0 Å². The minimum atomic E-state index is 0.924. The molecule has 0 amide bonds. The first-order valence-electron chi connectivity index (χ1n) is 5.75. The van der Waals surface area contributed by atoms with E-state index in [9.17, 15) is 0 Å². The number of hydrogen-bond donors (Lipinski definition) is 1. The van der Waals surface area contributed by atoms with Gasteiger partial charge in [0.2, 0.25) is 0 Å². The highest BCUT2D eigenvalue weighted by molar-refractivity contribution is 5.85. The van der Waals surface area contributed by atoms with Crippen LogP contribution < -0.4 is 0 Å². The van der Waals surface area contributed by atoms with E-state index in [0.717, 1.165) is 22.6 Å². The smallest absolute Gasteiger partial charge is 0.153 e. The number of aryl methyl sites for hydroxylation is 1. The number of nitrogens with one attached hydrogen (secondary N) is 1. The van der Waals surface area contributed by atoms with Gasteiger partial charge < -0.3 is 4.57 Å². The van der Waals surface area contributed by atoms with Gasteiger partial charge in [0.15, 0.2) is 5.65 Å². The number of fused-ring (bicyclic) bond motifs is 2. The van der Waals surface area contributed by atoms with Gasteiger partial charge in [0, 0.05) is 37.1 Å². The van der Waals surface area contributed by atoms with Gasteiger partial charge in [-0.05, 0) is 12.1 Å². The molecular weight excluding hydrogens is 226 g/mol. The van der Waals surface area contributed by atoms with Gasteiger partial charge in [0.05, 0.1) is 23.1 Å². The largest absolute Gasteiger partial charge is 0.341 e. The third-order valence-electron chi connectivity index (χ3n) is 3.31. The number of aromatic nitrogens is 5. The van der Waals surface area contributed by atoms with E-state index in [1.54, 1.807) is 6.20 Å². The van der Waals surface area contributed by atoms with Crippen LogP contribution in [0, 0.1) is 0 Å². The SMILES string of the molecule is Cn1c(-c2cc3nccn3[nH]2)cc2ccncc21. The molecule has 4 aromatic rings. The topological polar surface area (TPSA) is 50.9 Å². The van der Waals surface area contributed by atoms with Gasteiger partial charge >= 0.3 is 0 Å². The highest BCUT2D eigenvalue weighted by Gasteiger charge is 2.10. The van der Waals surface area contributed by atoms with Crippen LogP contribution >= 0.6 is 0 Å². The van der Waals surface area contributed by atoms with Crippen molar-refractivity contribution in [2.75, 3.05) is 0 Å². The third-order valence-corrected chi connectivity index (χ3v) is 3.31. The van der Waals surface area contributed by atoms with E-state index >= 15 is 0 Å². The predicted molar refractivity (Wildman–Crippen MR) is 69.3 cm³/mol. The summed E-state index contributed by atoms with van der Waals surface area (Å²) in [5, 5.41) is 4.50. The maximum Gasteiger partial charge on any atom is 0.153 e. The van der Waals surface area contributed by atoms with Crippen molar-refractivity contribution >= 4 is 16.6 Å². The Bertz CT molecular complexity index is 820. The number of rotatable bonds is 1. The van der Waals surface area contributed by atoms with Crippen molar-refractivity contribution in [3.63, 3.8) is 0 Å². The zero-order valence-corrected chi connectivity index (χ0v) is 9.83. The Balaban J connectivity index is 2.01. The molecule has 0 aliphatic rings. The number of imidazole rings is 1. The third kappa shape index (κ3) is 1.15. The van der Waals surface area contributed by atoms with E-state index in [0.29, 0.717) is 0 Å². The molecule has 0 atom stereocenters. The quantitative estimate of drug-likeness (QED) is 0.552. The molecule has 1 N–H and O–H groups in total. The van der Waals surface area contributed by atoms with Gasteiger partial charge in [-0.25, -0.2) is 9.50 Å². The molecule has 0 aliphatic heterocycles. The summed E-state index contributed by atoms with van der Waals surface area (Å²) in [6.45, 7) is 0. The maximum absolute atomic E-state index is 4.26. The van der Waals surface area contributed by atoms with E-state index in [4.69, 9.17) is 0 Å². The number of hydrogen-bond acceptors (Lipinski definition) is 2. The summed E-state index contributed by atoms with van der Waals surface area (Å²) in [6, 6.07) is 6.22. The van der Waals surface area contributed by atoms with Crippen LogP contribution in [0.2, 0.25) is 0 Å². The molecule has 5 heteroatoms. The number of H-pyrrole nitrogens is 1. The molecule has 5 nitrogen and oxygen atoms in total. The van der Waals surface area contributed by atoms with Crippen molar-refractivity contribution in [3.8, 4) is 11.4 Å². The van der Waals surface area contributed by atoms with Gasteiger partial charge in [-0.15, -0.1) is 0 Å². The summed E-state index contributed by atoms with van der Waals surface area (Å²) in [5.74, 6) is 0. The highest BCUT2D eigenvalue weighted by Crippen LogP contribution is 2.26. The minimum absolute atomic E-state index is 0.924. The first kappa shape index (κ1) is 9.47. The number of aromatic amines is 1. The Morgan fingerprint density at radius 3 is 3.00 bits per heavy atom. The molecule has 0 radical (unpaired) electrons. The minimum Gasteiger partial charge on any atom is -0.341 e. The Hall–Kier alpha value is -2.56. The van der Waals surface area contributed by atoms with Crippen LogP contribution in [-0.4, -0.2) is 24.1 Å². The summed E-state index contributed by atoms with van der Waals surface area (Å²) in [7, 11) is 2.04. The van der Waals surface area contributed by atoms with Crippen LogP contribution in [0.3, 0.4) is 0 Å². The lowest BCUT2D eigenvalue weighted by Crippen LogP contribution is -1.92. The molecule has 0 saturated heterocycles. The van der Waals surface area contributed by atoms with Crippen molar-refractivity contribution in [1.29, 1.82) is 0 Å². The monoisotopic (exact) mass is 237 g/mol. The van der Waals surface area contributed by atoms with Crippen LogP contribution in [0.25, 0.3) is 27.9 Å². The molecule has 18 heavy (non-hydrogen) atoms. The van der Waals surface area contributed by atoms with Gasteiger partial charge in [0.1, 0.15) is 0 Å². The molecular formula is C13H11N5. The summed E-state index contributed by atoms with van der Waals surface area (Å²) in [4.78, 5) is 8.42. The van der Waals surface area contributed by atoms with Crippen LogP contribution in [0.5, 0.6) is 0 Å². The average Bonchev–Trinajstić information content (AvgIpc) is 3.02. The lowest BCUT2D eigenvalue weighted by molar-refractivity contribution is 0.936. The van der Waals surface area contributed by atoms with E-state index in [1.165, 1.54) is 5.39 Å². The molecule has 0 aromatic carbocycles. The van der Waals surface area contributed by atoms with E-state index in [2.05, 4.69) is 25.7 Å². The fraction of sp³-hybridized carbons (Fsp3) is 0.0769. The zero-order chi connectivity index (χ0) is 12.1. The van der Waals surface area contributed by atoms with Gasteiger partial charge in [-0.2, -0.15) is 0 Å². The Morgan fingerprint density at radius 1 is 1.22 bits per heavy atom. The van der Waals surface area contributed by atoms with Gasteiger partial charge in [0.25, 0.3) is 0 Å². The maximum atomic E-state index is 4.26. The molecule has 88 valence electrons. The normalized spacial score (nSPS) is 11.6. The molecule has 4 heterocycles. The Morgan fingerprint density at radius 2 is 2.17 bits per heavy atom. The average molecular weight is 237 g/mol. The molecule has 4 rings (SSSR count). The second kappa shape index (κ2) is 3.22. The zero-order valence-electron chi connectivity index (χ0n) is 9.83. The molecule has 0 bridgehead atoms. The summed E-state index contributed by atoms with van der Waals surface area (Å²) >= 11 is 0. The van der Waals surface area contributed by atoms with Crippen molar-refractivity contribution in [2.45, 2.75) is 0 Å². The van der Waals surface area contributed by atoms with Crippen molar-refractivity contribution < 1.29 is 0 Å². The van der Waals surface area contributed by atoms with Gasteiger partial charge in [-0.3, -0.25) is 10.1 Å². The van der Waals surface area contributed by atoms with Crippen molar-refractivity contribution in [1.82, 2.24) is 24.1 Å². The lowest BCUT2D eigenvalue weighted by Gasteiger charge is -2.00. The predicted octanol–water partition coefficient (Wildman–Crippen LogP) is 2.22. The summed E-state index contributed by atoms with van der Waals surface area (Å²) in [6.07, 6.45) is 7.38. The van der Waals surface area contributed by atoms with Crippen LogP contribution in [-0.2, 0) is 7.05 Å². The standard InChI is InChI=1S/C13H11N5/c1-17-11(6-9-2-3-14-8-12(9)17)10-7-13-15-4-5-18(13)16-10/h2-8,16H,1H3. The second-order valence-electron chi connectivity index (χ2n) is 4.35. The molecule has 4 aromatic heterocycles. The molecule has 0 unspecified atom stereocenters. The van der Waals surface area contributed by atoms with Crippen LogP contribution in [0.15, 0.2) is 43.0 Å². The fourth-order valence-electron chi connectivity index (χ4n) is 2.37. The first-order chi connectivity index (χ1) is 8.83. The second-order valence-corrected chi connectivity index (χ2v) is 4.35.